The number of hydrogen-bond donors (Lipinski definition) is 3. The van der Waals surface area contributed by atoms with Crippen molar-refractivity contribution in [2.75, 3.05) is 26.9 Å². The number of aliphatic hydroxyl groups excluding tert-OH is 1. The van der Waals surface area contributed by atoms with Gasteiger partial charge in [0.1, 0.15) is 5.75 Å². The van der Waals surface area contributed by atoms with Gasteiger partial charge < -0.3 is 25.2 Å². The summed E-state index contributed by atoms with van der Waals surface area (Å²) in [4.78, 5) is 23.0. The van der Waals surface area contributed by atoms with E-state index in [4.69, 9.17) is 9.84 Å². The van der Waals surface area contributed by atoms with Crippen molar-refractivity contribution in [3.63, 3.8) is 0 Å². The summed E-state index contributed by atoms with van der Waals surface area (Å²) in [5, 5.41) is 14.3. The quantitative estimate of drug-likeness (QED) is 0.509. The zero-order valence-electron chi connectivity index (χ0n) is 14.5. The summed E-state index contributed by atoms with van der Waals surface area (Å²) in [7, 11) is 1.29. The molecule has 0 aliphatic heterocycles. The van der Waals surface area contributed by atoms with Gasteiger partial charge in [0.2, 0.25) is 5.91 Å². The highest BCUT2D eigenvalue weighted by molar-refractivity contribution is 9.10. The van der Waals surface area contributed by atoms with Crippen LogP contribution in [0.1, 0.15) is 37.8 Å². The number of carbonyl (C=O) groups is 2. The predicted molar refractivity (Wildman–Crippen MR) is 97.5 cm³/mol. The molecule has 0 radical (unpaired) electrons. The number of alkyl carbamates (subject to hydrolysis) is 1. The van der Waals surface area contributed by atoms with Crippen molar-refractivity contribution in [1.29, 1.82) is 0 Å². The van der Waals surface area contributed by atoms with Gasteiger partial charge in [-0.05, 0) is 25.5 Å². The van der Waals surface area contributed by atoms with Gasteiger partial charge in [-0.15, -0.1) is 0 Å². The molecule has 0 aliphatic rings. The molecule has 0 saturated heterocycles. The Morgan fingerprint density at radius 1 is 1.32 bits per heavy atom. The lowest BCUT2D eigenvalue weighted by Crippen LogP contribution is -2.29. The average molecular weight is 417 g/mol. The minimum atomic E-state index is -0.506. The number of halogens is 1. The first-order chi connectivity index (χ1) is 12.0. The summed E-state index contributed by atoms with van der Waals surface area (Å²) in [6.45, 7) is 2.73. The van der Waals surface area contributed by atoms with Crippen LogP contribution in [0.5, 0.6) is 5.75 Å². The zero-order chi connectivity index (χ0) is 18.7. The van der Waals surface area contributed by atoms with Crippen LogP contribution in [-0.2, 0) is 9.53 Å². The Morgan fingerprint density at radius 3 is 2.76 bits per heavy atom. The molecule has 0 saturated carbocycles. The molecule has 0 bridgehead atoms. The number of aliphatic hydroxyl groups is 1. The van der Waals surface area contributed by atoms with Crippen molar-refractivity contribution in [2.45, 2.75) is 32.2 Å². The maximum absolute atomic E-state index is 12.0. The Labute approximate surface area is 156 Å². The Balaban J connectivity index is 2.53. The zero-order valence-corrected chi connectivity index (χ0v) is 16.1. The maximum atomic E-state index is 12.0. The fraction of sp³-hybridized carbons (Fsp3) is 0.529. The number of carbonyl (C=O) groups excluding carboxylic acids is 2. The molecule has 0 aliphatic carbocycles. The van der Waals surface area contributed by atoms with Crippen molar-refractivity contribution in [2.24, 2.45) is 0 Å². The molecule has 1 aromatic rings. The lowest BCUT2D eigenvalue weighted by molar-refractivity contribution is -0.121. The molecule has 1 aromatic carbocycles. The third-order valence-corrected chi connectivity index (χ3v) is 3.91. The van der Waals surface area contributed by atoms with Crippen LogP contribution in [0.4, 0.5) is 4.79 Å². The van der Waals surface area contributed by atoms with E-state index in [1.807, 2.05) is 25.1 Å². The summed E-state index contributed by atoms with van der Waals surface area (Å²) in [6.07, 6.45) is 0.854. The van der Waals surface area contributed by atoms with Crippen molar-refractivity contribution in [3.05, 3.63) is 28.2 Å². The molecular formula is C17H25BrN2O5. The second kappa shape index (κ2) is 11.7. The molecule has 25 heavy (non-hydrogen) atoms. The predicted octanol–water partition coefficient (Wildman–Crippen LogP) is 2.52. The SMILES string of the molecule is COC(=O)NCCCC(=O)N[C@@H](C)c1ccc(Br)cc1OCCCO. The summed E-state index contributed by atoms with van der Waals surface area (Å²) in [5.74, 6) is 0.561. The van der Waals surface area contributed by atoms with E-state index in [0.717, 1.165) is 10.0 Å². The minimum absolute atomic E-state index is 0.0647. The van der Waals surface area contributed by atoms with Gasteiger partial charge >= 0.3 is 6.09 Å². The molecule has 7 nitrogen and oxygen atoms in total. The van der Waals surface area contributed by atoms with E-state index in [2.05, 4.69) is 31.3 Å². The number of hydrogen-bond acceptors (Lipinski definition) is 5. The Kier molecular flexibility index (Phi) is 9.94. The average Bonchev–Trinajstić information content (AvgIpc) is 2.58. The molecular weight excluding hydrogens is 392 g/mol. The topological polar surface area (TPSA) is 96.9 Å². The lowest BCUT2D eigenvalue weighted by atomic mass is 10.1. The molecule has 140 valence electrons. The van der Waals surface area contributed by atoms with E-state index in [0.29, 0.717) is 38.2 Å². The summed E-state index contributed by atoms with van der Waals surface area (Å²) < 4.78 is 11.0. The van der Waals surface area contributed by atoms with E-state index in [1.165, 1.54) is 7.11 Å². The molecule has 0 spiro atoms. The highest BCUT2D eigenvalue weighted by Crippen LogP contribution is 2.29. The summed E-state index contributed by atoms with van der Waals surface area (Å²) in [6, 6.07) is 5.40. The third-order valence-electron chi connectivity index (χ3n) is 3.41. The van der Waals surface area contributed by atoms with Crippen LogP contribution in [0.3, 0.4) is 0 Å². The number of ether oxygens (including phenoxy) is 2. The number of nitrogens with one attached hydrogen (secondary N) is 2. The van der Waals surface area contributed by atoms with Crippen molar-refractivity contribution >= 4 is 27.9 Å². The summed E-state index contributed by atoms with van der Waals surface area (Å²) >= 11 is 3.40. The monoisotopic (exact) mass is 416 g/mol. The van der Waals surface area contributed by atoms with E-state index < -0.39 is 6.09 Å². The van der Waals surface area contributed by atoms with Crippen LogP contribution in [0.15, 0.2) is 22.7 Å². The van der Waals surface area contributed by atoms with Crippen LogP contribution in [0, 0.1) is 0 Å². The molecule has 3 N–H and O–H groups in total. The van der Waals surface area contributed by atoms with Crippen molar-refractivity contribution in [3.8, 4) is 5.75 Å². The molecule has 0 unspecified atom stereocenters. The summed E-state index contributed by atoms with van der Waals surface area (Å²) in [5.41, 5.74) is 0.863. The second-order valence-electron chi connectivity index (χ2n) is 5.42. The first-order valence-electron chi connectivity index (χ1n) is 8.12. The second-order valence-corrected chi connectivity index (χ2v) is 6.33. The fourth-order valence-corrected chi connectivity index (χ4v) is 2.48. The number of benzene rings is 1. The highest BCUT2D eigenvalue weighted by Gasteiger charge is 2.15. The maximum Gasteiger partial charge on any atom is 0.406 e. The number of amides is 2. The Morgan fingerprint density at radius 2 is 2.08 bits per heavy atom. The number of rotatable bonds is 10. The van der Waals surface area contributed by atoms with Gasteiger partial charge in [0.05, 0.1) is 19.8 Å². The van der Waals surface area contributed by atoms with Crippen LogP contribution in [-0.4, -0.2) is 44.0 Å². The van der Waals surface area contributed by atoms with Gasteiger partial charge in [-0.3, -0.25) is 4.79 Å². The van der Waals surface area contributed by atoms with Gasteiger partial charge in [-0.2, -0.15) is 0 Å². The van der Waals surface area contributed by atoms with Crippen LogP contribution in [0.25, 0.3) is 0 Å². The van der Waals surface area contributed by atoms with E-state index in [9.17, 15) is 9.59 Å². The molecule has 1 rings (SSSR count). The first kappa shape index (κ1) is 21.2. The normalized spacial score (nSPS) is 11.5. The highest BCUT2D eigenvalue weighted by atomic mass is 79.9. The molecule has 1 atom stereocenters. The van der Waals surface area contributed by atoms with Gasteiger partial charge in [0.25, 0.3) is 0 Å². The van der Waals surface area contributed by atoms with Crippen molar-refractivity contribution in [1.82, 2.24) is 10.6 Å². The first-order valence-corrected chi connectivity index (χ1v) is 8.91. The van der Waals surface area contributed by atoms with Crippen LogP contribution >= 0.6 is 15.9 Å². The molecule has 8 heteroatoms. The lowest BCUT2D eigenvalue weighted by Gasteiger charge is -2.19. The molecule has 0 heterocycles. The van der Waals surface area contributed by atoms with E-state index >= 15 is 0 Å². The fourth-order valence-electron chi connectivity index (χ4n) is 2.14. The van der Waals surface area contributed by atoms with Crippen LogP contribution < -0.4 is 15.4 Å². The largest absolute Gasteiger partial charge is 0.493 e. The molecule has 2 amide bonds. The minimum Gasteiger partial charge on any atom is -0.493 e. The smallest absolute Gasteiger partial charge is 0.406 e. The molecule has 0 fully saturated rings. The van der Waals surface area contributed by atoms with E-state index in [-0.39, 0.29) is 18.6 Å². The van der Waals surface area contributed by atoms with Crippen molar-refractivity contribution < 1.29 is 24.2 Å². The number of methoxy groups -OCH3 is 1. The molecule has 0 aromatic heterocycles. The van der Waals surface area contributed by atoms with Crippen LogP contribution in [0.2, 0.25) is 0 Å². The Bertz CT molecular complexity index is 568. The Hall–Kier alpha value is -1.80. The van der Waals surface area contributed by atoms with Gasteiger partial charge in [0, 0.05) is 36.0 Å². The van der Waals surface area contributed by atoms with Gasteiger partial charge in [0.15, 0.2) is 0 Å². The van der Waals surface area contributed by atoms with Gasteiger partial charge in [-0.1, -0.05) is 22.0 Å². The van der Waals surface area contributed by atoms with Gasteiger partial charge in [-0.25, -0.2) is 4.79 Å². The van der Waals surface area contributed by atoms with E-state index in [1.54, 1.807) is 0 Å². The third kappa shape index (κ3) is 8.22. The standard InChI is InChI=1S/C17H25BrN2O5/c1-12(20-16(22)5-3-8-19-17(23)24-2)14-7-6-13(18)11-15(14)25-10-4-9-21/h6-7,11-12,21H,3-5,8-10H2,1-2H3,(H,19,23)(H,20,22)/t12-/m0/s1.